The van der Waals surface area contributed by atoms with Gasteiger partial charge in [0.1, 0.15) is 0 Å². The first-order valence-corrected chi connectivity index (χ1v) is 6.91. The molecule has 1 aromatic carbocycles. The Bertz CT molecular complexity index is 395. The van der Waals surface area contributed by atoms with Crippen LogP contribution in [0.4, 0.5) is 0 Å². The molecule has 2 nitrogen and oxygen atoms in total. The Morgan fingerprint density at radius 2 is 2.00 bits per heavy atom. The van der Waals surface area contributed by atoms with E-state index in [9.17, 15) is 4.79 Å². The fourth-order valence-electron chi connectivity index (χ4n) is 2.61. The van der Waals surface area contributed by atoms with Crippen LogP contribution in [-0.4, -0.2) is 11.1 Å². The fraction of sp³-hybridized carbons (Fsp3) is 0.500. The maximum atomic E-state index is 10.9. The molecular weight excluding hydrogens is 280 g/mol. The molecule has 17 heavy (non-hydrogen) atoms. The molecule has 1 N–H and O–H groups in total. The Hall–Kier alpha value is -0.830. The van der Waals surface area contributed by atoms with Gasteiger partial charge in [0.25, 0.3) is 0 Å². The quantitative estimate of drug-likeness (QED) is 0.919. The summed E-state index contributed by atoms with van der Waals surface area (Å²) in [4.78, 5) is 10.9. The maximum Gasteiger partial charge on any atom is 0.306 e. The molecule has 3 heteroatoms. The van der Waals surface area contributed by atoms with Crippen molar-refractivity contribution >= 4 is 21.9 Å². The summed E-state index contributed by atoms with van der Waals surface area (Å²) in [7, 11) is 0. The van der Waals surface area contributed by atoms with Crippen LogP contribution >= 0.6 is 15.9 Å². The zero-order valence-electron chi connectivity index (χ0n) is 9.73. The second kappa shape index (κ2) is 5.67. The lowest BCUT2D eigenvalue weighted by Gasteiger charge is -2.26. The molecule has 0 heterocycles. The first-order valence-electron chi connectivity index (χ1n) is 6.12. The average molecular weight is 297 g/mol. The molecule has 0 bridgehead atoms. The summed E-state index contributed by atoms with van der Waals surface area (Å²) >= 11 is 3.48. The number of aliphatic carboxylic acids is 1. The number of hydrogen-bond acceptors (Lipinski definition) is 1. The molecule has 0 saturated heterocycles. The highest BCUT2D eigenvalue weighted by Crippen LogP contribution is 2.31. The van der Waals surface area contributed by atoms with E-state index in [2.05, 4.69) is 34.1 Å². The van der Waals surface area contributed by atoms with Crippen molar-refractivity contribution in [2.45, 2.75) is 32.1 Å². The van der Waals surface area contributed by atoms with Gasteiger partial charge in [-0.2, -0.15) is 0 Å². The van der Waals surface area contributed by atoms with E-state index in [-0.39, 0.29) is 5.92 Å². The predicted octanol–water partition coefficient (Wildman–Crippen LogP) is 3.88. The maximum absolute atomic E-state index is 10.9. The molecule has 0 unspecified atom stereocenters. The van der Waals surface area contributed by atoms with Crippen molar-refractivity contribution in [2.75, 3.05) is 0 Å². The smallest absolute Gasteiger partial charge is 0.306 e. The molecule has 0 radical (unpaired) electrons. The van der Waals surface area contributed by atoms with Crippen molar-refractivity contribution in [3.05, 3.63) is 34.3 Å². The van der Waals surface area contributed by atoms with Gasteiger partial charge in [0, 0.05) is 4.47 Å². The summed E-state index contributed by atoms with van der Waals surface area (Å²) < 4.78 is 1.12. The molecular formula is C14H17BrO2. The van der Waals surface area contributed by atoms with Crippen LogP contribution in [0.5, 0.6) is 0 Å². The molecule has 2 rings (SSSR count). The van der Waals surface area contributed by atoms with Crippen LogP contribution in [-0.2, 0) is 11.2 Å². The van der Waals surface area contributed by atoms with Crippen LogP contribution in [0.2, 0.25) is 0 Å². The summed E-state index contributed by atoms with van der Waals surface area (Å²) in [6.07, 6.45) is 4.85. The minimum atomic E-state index is -0.620. The topological polar surface area (TPSA) is 37.3 Å². The third-order valence-electron chi connectivity index (χ3n) is 3.61. The predicted molar refractivity (Wildman–Crippen MR) is 70.9 cm³/mol. The number of carbonyl (C=O) groups is 1. The van der Waals surface area contributed by atoms with Gasteiger partial charge in [0.15, 0.2) is 0 Å². The van der Waals surface area contributed by atoms with Crippen LogP contribution in [0.1, 0.15) is 31.2 Å². The molecule has 0 aliphatic heterocycles. The molecule has 1 aliphatic carbocycles. The van der Waals surface area contributed by atoms with Gasteiger partial charge < -0.3 is 5.11 Å². The Kier molecular flexibility index (Phi) is 4.21. The minimum Gasteiger partial charge on any atom is -0.481 e. The summed E-state index contributed by atoms with van der Waals surface area (Å²) in [6, 6.07) is 8.39. The first kappa shape index (κ1) is 12.6. The Morgan fingerprint density at radius 1 is 1.29 bits per heavy atom. The lowest BCUT2D eigenvalue weighted by atomic mass is 9.79. The Labute approximate surface area is 110 Å². The largest absolute Gasteiger partial charge is 0.481 e. The van der Waals surface area contributed by atoms with E-state index in [1.807, 2.05) is 6.07 Å². The van der Waals surface area contributed by atoms with Crippen LogP contribution in [0.3, 0.4) is 0 Å². The molecule has 1 fully saturated rings. The van der Waals surface area contributed by atoms with Gasteiger partial charge >= 0.3 is 5.97 Å². The van der Waals surface area contributed by atoms with Gasteiger partial charge in [0.05, 0.1) is 5.92 Å². The lowest BCUT2D eigenvalue weighted by molar-refractivity contribution is -0.143. The molecule has 1 aromatic rings. The van der Waals surface area contributed by atoms with Gasteiger partial charge in [-0.25, -0.2) is 0 Å². The van der Waals surface area contributed by atoms with Gasteiger partial charge in [-0.3, -0.25) is 4.79 Å². The van der Waals surface area contributed by atoms with Crippen LogP contribution < -0.4 is 0 Å². The average Bonchev–Trinajstić information content (AvgIpc) is 2.29. The summed E-state index contributed by atoms with van der Waals surface area (Å²) in [5.41, 5.74) is 1.35. The molecule has 0 aromatic heterocycles. The molecule has 0 atom stereocenters. The van der Waals surface area contributed by atoms with E-state index in [0.717, 1.165) is 36.6 Å². The Morgan fingerprint density at radius 3 is 2.59 bits per heavy atom. The van der Waals surface area contributed by atoms with Gasteiger partial charge in [0.2, 0.25) is 0 Å². The molecule has 1 aliphatic rings. The van der Waals surface area contributed by atoms with Gasteiger partial charge in [-0.05, 0) is 55.7 Å². The molecule has 92 valence electrons. The van der Waals surface area contributed by atoms with Crippen molar-refractivity contribution in [1.29, 1.82) is 0 Å². The summed E-state index contributed by atoms with van der Waals surface area (Å²) in [5.74, 6) is -0.0698. The van der Waals surface area contributed by atoms with E-state index in [1.54, 1.807) is 0 Å². The monoisotopic (exact) mass is 296 g/mol. The van der Waals surface area contributed by atoms with E-state index in [0.29, 0.717) is 5.92 Å². The van der Waals surface area contributed by atoms with Crippen LogP contribution in [0.25, 0.3) is 0 Å². The molecule has 0 spiro atoms. The normalized spacial score (nSPS) is 24.5. The number of hydrogen-bond donors (Lipinski definition) is 1. The Balaban J connectivity index is 1.88. The van der Waals surface area contributed by atoms with Gasteiger partial charge in [-0.15, -0.1) is 0 Å². The fourth-order valence-corrected chi connectivity index (χ4v) is 3.06. The van der Waals surface area contributed by atoms with Crippen molar-refractivity contribution in [1.82, 2.24) is 0 Å². The highest BCUT2D eigenvalue weighted by atomic mass is 79.9. The third kappa shape index (κ3) is 3.56. The highest BCUT2D eigenvalue weighted by Gasteiger charge is 2.25. The zero-order valence-corrected chi connectivity index (χ0v) is 11.3. The van der Waals surface area contributed by atoms with E-state index < -0.39 is 5.97 Å². The number of benzene rings is 1. The second-order valence-electron chi connectivity index (χ2n) is 4.89. The van der Waals surface area contributed by atoms with E-state index >= 15 is 0 Å². The third-order valence-corrected chi connectivity index (χ3v) is 4.10. The summed E-state index contributed by atoms with van der Waals surface area (Å²) in [5, 5.41) is 8.94. The van der Waals surface area contributed by atoms with Crippen molar-refractivity contribution in [3.63, 3.8) is 0 Å². The zero-order chi connectivity index (χ0) is 12.3. The van der Waals surface area contributed by atoms with Gasteiger partial charge in [-0.1, -0.05) is 28.1 Å². The molecule has 0 amide bonds. The second-order valence-corrected chi connectivity index (χ2v) is 5.81. The summed E-state index contributed by atoms with van der Waals surface area (Å²) in [6.45, 7) is 0. The van der Waals surface area contributed by atoms with E-state index in [4.69, 9.17) is 5.11 Å². The van der Waals surface area contributed by atoms with E-state index in [1.165, 1.54) is 5.56 Å². The number of rotatable bonds is 3. The number of halogens is 1. The first-order chi connectivity index (χ1) is 8.15. The number of carboxylic acid groups (broad SMARTS) is 1. The SMILES string of the molecule is O=C(O)C1CCC(Cc2cccc(Br)c2)CC1. The molecule has 1 saturated carbocycles. The van der Waals surface area contributed by atoms with Crippen molar-refractivity contribution in [3.8, 4) is 0 Å². The number of carboxylic acids is 1. The van der Waals surface area contributed by atoms with Crippen LogP contribution in [0, 0.1) is 11.8 Å². The van der Waals surface area contributed by atoms with Crippen LogP contribution in [0.15, 0.2) is 28.7 Å². The van der Waals surface area contributed by atoms with Crippen molar-refractivity contribution < 1.29 is 9.90 Å². The highest BCUT2D eigenvalue weighted by molar-refractivity contribution is 9.10. The standard InChI is InChI=1S/C14H17BrO2/c15-13-3-1-2-11(9-13)8-10-4-6-12(7-5-10)14(16)17/h1-3,9-10,12H,4-8H2,(H,16,17). The lowest BCUT2D eigenvalue weighted by Crippen LogP contribution is -2.22. The minimum absolute atomic E-state index is 0.103. The van der Waals surface area contributed by atoms with Crippen molar-refractivity contribution in [2.24, 2.45) is 11.8 Å².